The number of hydrogen-bond acceptors (Lipinski definition) is 3. The Balaban J connectivity index is 3.47. The second-order valence-corrected chi connectivity index (χ2v) is 2.44. The Hall–Kier alpha value is -1.63. The first-order valence-electron chi connectivity index (χ1n) is 3.69. The fraction of sp³-hybridized carbons (Fsp3) is 0.375. The Morgan fingerprint density at radius 3 is 2.83 bits per heavy atom. The van der Waals surface area contributed by atoms with E-state index in [1.807, 2.05) is 13.0 Å². The van der Waals surface area contributed by atoms with Crippen LogP contribution in [0.5, 0.6) is 0 Å². The first kappa shape index (κ1) is 8.47. The van der Waals surface area contributed by atoms with Gasteiger partial charge in [0, 0.05) is 0 Å². The van der Waals surface area contributed by atoms with Crippen LogP contribution >= 0.6 is 0 Å². The molecule has 0 aliphatic heterocycles. The molecule has 0 saturated carbocycles. The fourth-order valence-electron chi connectivity index (χ4n) is 1.02. The van der Waals surface area contributed by atoms with Gasteiger partial charge in [-0.2, -0.15) is 5.26 Å². The fourth-order valence-corrected chi connectivity index (χ4v) is 1.02. The number of aromatic nitrogens is 2. The van der Waals surface area contributed by atoms with Crippen LogP contribution in [0.2, 0.25) is 0 Å². The Morgan fingerprint density at radius 1 is 1.67 bits per heavy atom. The predicted molar refractivity (Wildman–Crippen MR) is 43.7 cm³/mol. The van der Waals surface area contributed by atoms with E-state index in [4.69, 9.17) is 5.26 Å². The van der Waals surface area contributed by atoms with Gasteiger partial charge in [0.1, 0.15) is 17.5 Å². The van der Waals surface area contributed by atoms with Crippen molar-refractivity contribution in [3.05, 3.63) is 27.4 Å². The van der Waals surface area contributed by atoms with E-state index in [1.54, 1.807) is 6.92 Å². The number of aryl methyl sites for hydroxylation is 2. The van der Waals surface area contributed by atoms with Gasteiger partial charge in [-0.05, 0) is 13.3 Å². The minimum atomic E-state index is -0.346. The summed E-state index contributed by atoms with van der Waals surface area (Å²) in [5.74, 6) is 0.552. The van der Waals surface area contributed by atoms with E-state index in [9.17, 15) is 4.79 Å². The third-order valence-electron chi connectivity index (χ3n) is 1.56. The summed E-state index contributed by atoms with van der Waals surface area (Å²) in [5.41, 5.74) is 0.351. The summed E-state index contributed by atoms with van der Waals surface area (Å²) in [6.07, 6.45) is 0.605. The Kier molecular flexibility index (Phi) is 2.24. The van der Waals surface area contributed by atoms with Gasteiger partial charge in [-0.3, -0.25) is 4.79 Å². The van der Waals surface area contributed by atoms with Crippen LogP contribution in [0, 0.1) is 18.3 Å². The van der Waals surface area contributed by atoms with Crippen molar-refractivity contribution in [2.24, 2.45) is 0 Å². The van der Waals surface area contributed by atoms with E-state index in [2.05, 4.69) is 9.97 Å². The maximum absolute atomic E-state index is 11.1. The van der Waals surface area contributed by atoms with E-state index < -0.39 is 0 Å². The first-order chi connectivity index (χ1) is 5.69. The molecule has 1 aromatic heterocycles. The lowest BCUT2D eigenvalue weighted by Crippen LogP contribution is -2.16. The van der Waals surface area contributed by atoms with Crippen LogP contribution in [0.3, 0.4) is 0 Å². The minimum absolute atomic E-state index is 0.128. The zero-order valence-corrected chi connectivity index (χ0v) is 7.01. The van der Waals surface area contributed by atoms with Crippen LogP contribution in [0.1, 0.15) is 24.0 Å². The molecule has 4 heteroatoms. The Morgan fingerprint density at radius 2 is 2.33 bits per heavy atom. The maximum Gasteiger partial charge on any atom is 0.269 e. The van der Waals surface area contributed by atoms with Gasteiger partial charge in [-0.15, -0.1) is 0 Å². The standard InChI is InChI=1S/C8H9N3O/c1-3-7-6(4-9)8(12)11-5(2)10-7/h3H2,1-2H3,(H,10,11,12). The SMILES string of the molecule is CCc1nc(C)[nH]c(=O)c1C#N. The average molecular weight is 163 g/mol. The number of aromatic amines is 1. The third-order valence-corrected chi connectivity index (χ3v) is 1.56. The molecule has 0 aliphatic rings. The molecule has 0 unspecified atom stereocenters. The molecule has 0 saturated heterocycles. The monoisotopic (exact) mass is 163 g/mol. The number of nitrogens with zero attached hydrogens (tertiary/aromatic N) is 2. The van der Waals surface area contributed by atoms with Crippen LogP contribution < -0.4 is 5.56 Å². The number of nitrogens with one attached hydrogen (secondary N) is 1. The van der Waals surface area contributed by atoms with Crippen LogP contribution in [-0.2, 0) is 6.42 Å². The molecule has 0 aromatic carbocycles. The molecule has 1 aromatic rings. The number of H-pyrrole nitrogens is 1. The van der Waals surface area contributed by atoms with Gasteiger partial charge in [0.05, 0.1) is 5.69 Å². The molecule has 1 rings (SSSR count). The highest BCUT2D eigenvalue weighted by Crippen LogP contribution is 1.98. The molecule has 1 N–H and O–H groups in total. The highest BCUT2D eigenvalue weighted by atomic mass is 16.1. The molecule has 0 spiro atoms. The van der Waals surface area contributed by atoms with Crippen LogP contribution in [0.15, 0.2) is 4.79 Å². The lowest BCUT2D eigenvalue weighted by Gasteiger charge is -1.98. The predicted octanol–water partition coefficient (Wildman–Crippen LogP) is 0.512. The van der Waals surface area contributed by atoms with Crippen LogP contribution in [0.4, 0.5) is 0 Å². The first-order valence-corrected chi connectivity index (χ1v) is 3.69. The number of rotatable bonds is 1. The van der Waals surface area contributed by atoms with Crippen LogP contribution in [0.25, 0.3) is 0 Å². The van der Waals surface area contributed by atoms with Crippen molar-refractivity contribution in [3.8, 4) is 6.07 Å². The van der Waals surface area contributed by atoms with E-state index in [1.165, 1.54) is 0 Å². The molecular formula is C8H9N3O. The summed E-state index contributed by atoms with van der Waals surface area (Å²) in [7, 11) is 0. The van der Waals surface area contributed by atoms with Gasteiger partial charge in [0.2, 0.25) is 0 Å². The van der Waals surface area contributed by atoms with E-state index in [0.29, 0.717) is 17.9 Å². The molecule has 0 radical (unpaired) electrons. The highest BCUT2D eigenvalue weighted by molar-refractivity contribution is 5.30. The van der Waals surface area contributed by atoms with Crippen molar-refractivity contribution < 1.29 is 0 Å². The second-order valence-electron chi connectivity index (χ2n) is 2.44. The van der Waals surface area contributed by atoms with Crippen molar-refractivity contribution in [2.45, 2.75) is 20.3 Å². The van der Waals surface area contributed by atoms with Crippen molar-refractivity contribution in [1.29, 1.82) is 5.26 Å². The molecule has 0 aliphatic carbocycles. The summed E-state index contributed by atoms with van der Waals surface area (Å²) >= 11 is 0. The normalized spacial score (nSPS) is 9.42. The summed E-state index contributed by atoms with van der Waals surface area (Å²) in [4.78, 5) is 17.7. The van der Waals surface area contributed by atoms with Crippen molar-refractivity contribution in [2.75, 3.05) is 0 Å². The smallest absolute Gasteiger partial charge is 0.269 e. The molecule has 0 fully saturated rings. The van der Waals surface area contributed by atoms with Gasteiger partial charge in [-0.25, -0.2) is 4.98 Å². The van der Waals surface area contributed by atoms with Gasteiger partial charge in [0.25, 0.3) is 5.56 Å². The van der Waals surface area contributed by atoms with Crippen molar-refractivity contribution in [1.82, 2.24) is 9.97 Å². The lowest BCUT2D eigenvalue weighted by molar-refractivity contribution is 0.918. The molecule has 0 bridgehead atoms. The second kappa shape index (κ2) is 3.18. The zero-order chi connectivity index (χ0) is 9.14. The molecule has 12 heavy (non-hydrogen) atoms. The third kappa shape index (κ3) is 1.35. The number of hydrogen-bond donors (Lipinski definition) is 1. The molecular weight excluding hydrogens is 154 g/mol. The summed E-state index contributed by atoms with van der Waals surface area (Å²) < 4.78 is 0. The van der Waals surface area contributed by atoms with Crippen LogP contribution in [-0.4, -0.2) is 9.97 Å². The average Bonchev–Trinajstić information content (AvgIpc) is 2.03. The topological polar surface area (TPSA) is 69.5 Å². The minimum Gasteiger partial charge on any atom is -0.310 e. The molecule has 0 amide bonds. The molecule has 62 valence electrons. The summed E-state index contributed by atoms with van der Waals surface area (Å²) in [6, 6.07) is 1.84. The van der Waals surface area contributed by atoms with Gasteiger partial charge >= 0.3 is 0 Å². The lowest BCUT2D eigenvalue weighted by atomic mass is 10.2. The Labute approximate surface area is 69.9 Å². The maximum atomic E-state index is 11.1. The van der Waals surface area contributed by atoms with E-state index >= 15 is 0 Å². The van der Waals surface area contributed by atoms with Gasteiger partial charge < -0.3 is 4.98 Å². The van der Waals surface area contributed by atoms with Gasteiger partial charge in [-0.1, -0.05) is 6.92 Å². The zero-order valence-electron chi connectivity index (χ0n) is 7.01. The number of nitriles is 1. The summed E-state index contributed by atoms with van der Waals surface area (Å²) in [5, 5.41) is 8.61. The molecule has 0 atom stereocenters. The Bertz CT molecular complexity index is 386. The van der Waals surface area contributed by atoms with Gasteiger partial charge in [0.15, 0.2) is 0 Å². The van der Waals surface area contributed by atoms with Crippen molar-refractivity contribution >= 4 is 0 Å². The van der Waals surface area contributed by atoms with E-state index in [-0.39, 0.29) is 11.1 Å². The largest absolute Gasteiger partial charge is 0.310 e. The van der Waals surface area contributed by atoms with E-state index in [0.717, 1.165) is 0 Å². The van der Waals surface area contributed by atoms with Crippen molar-refractivity contribution in [3.63, 3.8) is 0 Å². The highest BCUT2D eigenvalue weighted by Gasteiger charge is 2.06. The quantitative estimate of drug-likeness (QED) is 0.655. The molecule has 4 nitrogen and oxygen atoms in total. The summed E-state index contributed by atoms with van der Waals surface area (Å²) in [6.45, 7) is 3.56. The molecule has 1 heterocycles.